The fourth-order valence-electron chi connectivity index (χ4n) is 2.24. The molecule has 0 fully saturated rings. The molecule has 0 aliphatic rings. The van der Waals surface area contributed by atoms with E-state index in [1.165, 1.54) is 0 Å². The molecule has 24 heavy (non-hydrogen) atoms. The molecule has 1 amide bonds. The number of Topliss-reactive ketones (excluding diaryl/α,β-unsaturated/α-hetero) is 1. The highest BCUT2D eigenvalue weighted by molar-refractivity contribution is 6.30. The summed E-state index contributed by atoms with van der Waals surface area (Å²) < 4.78 is 0. The first-order chi connectivity index (χ1) is 11.5. The van der Waals surface area contributed by atoms with Crippen molar-refractivity contribution in [2.45, 2.75) is 19.4 Å². The van der Waals surface area contributed by atoms with Gasteiger partial charge in [-0.1, -0.05) is 23.7 Å². The van der Waals surface area contributed by atoms with Gasteiger partial charge in [0.1, 0.15) is 0 Å². The highest BCUT2D eigenvalue weighted by Crippen LogP contribution is 2.13. The van der Waals surface area contributed by atoms with Crippen LogP contribution in [-0.4, -0.2) is 23.6 Å². The Balaban J connectivity index is 1.85. The lowest BCUT2D eigenvalue weighted by Gasteiger charge is -2.17. The predicted molar refractivity (Wildman–Crippen MR) is 92.6 cm³/mol. The molecule has 2 rings (SSSR count). The van der Waals surface area contributed by atoms with Gasteiger partial charge in [0, 0.05) is 37.0 Å². The Morgan fingerprint density at radius 3 is 2.25 bits per heavy atom. The maximum atomic E-state index is 12.2. The summed E-state index contributed by atoms with van der Waals surface area (Å²) in [6, 6.07) is 15.8. The number of amides is 1. The Morgan fingerprint density at radius 1 is 1.04 bits per heavy atom. The number of benzene rings is 2. The van der Waals surface area contributed by atoms with Crippen LogP contribution in [0.25, 0.3) is 0 Å². The van der Waals surface area contributed by atoms with Crippen LogP contribution in [0.2, 0.25) is 5.02 Å². The number of hydrogen-bond donors (Lipinski definition) is 0. The molecular formula is C19H17ClN2O2. The minimum absolute atomic E-state index is 0.0770. The Morgan fingerprint density at radius 2 is 1.67 bits per heavy atom. The van der Waals surface area contributed by atoms with Crippen LogP contribution in [0.15, 0.2) is 48.5 Å². The van der Waals surface area contributed by atoms with Crippen molar-refractivity contribution in [1.82, 2.24) is 4.90 Å². The van der Waals surface area contributed by atoms with Crippen molar-refractivity contribution in [2.24, 2.45) is 0 Å². The van der Waals surface area contributed by atoms with Gasteiger partial charge in [-0.05, 0) is 42.0 Å². The summed E-state index contributed by atoms with van der Waals surface area (Å²) in [5.74, 6) is -0.173. The third-order valence-electron chi connectivity index (χ3n) is 3.66. The number of carbonyl (C=O) groups excluding carboxylic acids is 2. The first-order valence-corrected chi connectivity index (χ1v) is 7.89. The van der Waals surface area contributed by atoms with Gasteiger partial charge in [0.05, 0.1) is 11.6 Å². The SMILES string of the molecule is CN(Cc1ccc(C#N)cc1)C(=O)CCC(=O)c1ccc(Cl)cc1. The standard InChI is InChI=1S/C19H17ClN2O2/c1-22(13-15-4-2-14(12-21)3-5-15)19(24)11-10-18(23)16-6-8-17(20)9-7-16/h2-9H,10-11,13H2,1H3. The number of halogens is 1. The van der Waals surface area contributed by atoms with Gasteiger partial charge in [0.25, 0.3) is 0 Å². The summed E-state index contributed by atoms with van der Waals surface area (Å²) in [5.41, 5.74) is 2.08. The van der Waals surface area contributed by atoms with Crippen LogP contribution < -0.4 is 0 Å². The quantitative estimate of drug-likeness (QED) is 0.751. The van der Waals surface area contributed by atoms with E-state index < -0.39 is 0 Å². The number of carbonyl (C=O) groups is 2. The van der Waals surface area contributed by atoms with Crippen LogP contribution in [0, 0.1) is 11.3 Å². The highest BCUT2D eigenvalue weighted by atomic mass is 35.5. The van der Waals surface area contributed by atoms with E-state index in [1.807, 2.05) is 12.1 Å². The normalized spacial score (nSPS) is 10.0. The molecule has 0 aromatic heterocycles. The zero-order valence-corrected chi connectivity index (χ0v) is 14.1. The maximum Gasteiger partial charge on any atom is 0.223 e. The van der Waals surface area contributed by atoms with Crippen molar-refractivity contribution in [3.8, 4) is 6.07 Å². The molecule has 0 unspecified atom stereocenters. The van der Waals surface area contributed by atoms with Gasteiger partial charge < -0.3 is 4.90 Å². The van der Waals surface area contributed by atoms with Crippen LogP contribution in [0.4, 0.5) is 0 Å². The van der Waals surface area contributed by atoms with Gasteiger partial charge >= 0.3 is 0 Å². The molecule has 0 bridgehead atoms. The second-order valence-electron chi connectivity index (χ2n) is 5.49. The zero-order valence-electron chi connectivity index (χ0n) is 13.3. The fourth-order valence-corrected chi connectivity index (χ4v) is 2.36. The minimum atomic E-state index is -0.0957. The highest BCUT2D eigenvalue weighted by Gasteiger charge is 2.13. The molecule has 0 aliphatic heterocycles. The molecule has 0 aliphatic carbocycles. The summed E-state index contributed by atoms with van der Waals surface area (Å²) in [6.07, 6.45) is 0.326. The third-order valence-corrected chi connectivity index (χ3v) is 3.91. The molecule has 0 atom stereocenters. The average molecular weight is 341 g/mol. The van der Waals surface area contributed by atoms with Crippen LogP contribution in [0.3, 0.4) is 0 Å². The van der Waals surface area contributed by atoms with Crippen molar-refractivity contribution in [3.05, 3.63) is 70.2 Å². The van der Waals surface area contributed by atoms with Crippen LogP contribution in [-0.2, 0) is 11.3 Å². The molecular weight excluding hydrogens is 324 g/mol. The molecule has 0 heterocycles. The zero-order chi connectivity index (χ0) is 17.5. The molecule has 0 N–H and O–H groups in total. The van der Waals surface area contributed by atoms with Gasteiger partial charge in [-0.25, -0.2) is 0 Å². The number of hydrogen-bond acceptors (Lipinski definition) is 3. The monoisotopic (exact) mass is 340 g/mol. The molecule has 5 heteroatoms. The summed E-state index contributed by atoms with van der Waals surface area (Å²) in [4.78, 5) is 25.8. The molecule has 4 nitrogen and oxygen atoms in total. The van der Waals surface area contributed by atoms with Crippen LogP contribution >= 0.6 is 11.6 Å². The Hall–Kier alpha value is -2.64. The topological polar surface area (TPSA) is 61.2 Å². The van der Waals surface area contributed by atoms with Gasteiger partial charge in [-0.2, -0.15) is 5.26 Å². The Labute approximate surface area is 146 Å². The van der Waals surface area contributed by atoms with E-state index in [1.54, 1.807) is 48.3 Å². The van der Waals surface area contributed by atoms with Gasteiger partial charge in [0.15, 0.2) is 5.78 Å². The molecule has 0 saturated heterocycles. The van der Waals surface area contributed by atoms with Crippen molar-refractivity contribution in [2.75, 3.05) is 7.05 Å². The molecule has 2 aromatic carbocycles. The van der Waals surface area contributed by atoms with Gasteiger partial charge in [0.2, 0.25) is 5.91 Å². The van der Waals surface area contributed by atoms with Gasteiger partial charge in [-0.3, -0.25) is 9.59 Å². The maximum absolute atomic E-state index is 12.2. The lowest BCUT2D eigenvalue weighted by atomic mass is 10.1. The number of ketones is 1. The number of nitriles is 1. The smallest absolute Gasteiger partial charge is 0.223 e. The fraction of sp³-hybridized carbons (Fsp3) is 0.211. The number of nitrogens with zero attached hydrogens (tertiary/aromatic N) is 2. The van der Waals surface area contributed by atoms with Crippen LogP contribution in [0.5, 0.6) is 0 Å². The second-order valence-corrected chi connectivity index (χ2v) is 5.93. The molecule has 0 saturated carbocycles. The lowest BCUT2D eigenvalue weighted by molar-refractivity contribution is -0.130. The second kappa shape index (κ2) is 8.28. The minimum Gasteiger partial charge on any atom is -0.341 e. The van der Waals surface area contributed by atoms with Gasteiger partial charge in [-0.15, -0.1) is 0 Å². The van der Waals surface area contributed by atoms with E-state index in [0.717, 1.165) is 5.56 Å². The molecule has 0 radical (unpaired) electrons. The van der Waals surface area contributed by atoms with E-state index >= 15 is 0 Å². The molecule has 2 aromatic rings. The van der Waals surface area contributed by atoms with E-state index in [2.05, 4.69) is 6.07 Å². The summed E-state index contributed by atoms with van der Waals surface area (Å²) in [6.45, 7) is 0.444. The first-order valence-electron chi connectivity index (χ1n) is 7.51. The van der Waals surface area contributed by atoms with Crippen molar-refractivity contribution in [3.63, 3.8) is 0 Å². The van der Waals surface area contributed by atoms with Crippen molar-refractivity contribution < 1.29 is 9.59 Å². The summed E-state index contributed by atoms with van der Waals surface area (Å²) in [7, 11) is 1.70. The largest absolute Gasteiger partial charge is 0.341 e. The predicted octanol–water partition coefficient (Wildman–Crippen LogP) is 3.83. The van der Waals surface area contributed by atoms with Crippen molar-refractivity contribution >= 4 is 23.3 Å². The van der Waals surface area contributed by atoms with E-state index in [0.29, 0.717) is 22.7 Å². The Bertz CT molecular complexity index is 761. The van der Waals surface area contributed by atoms with Crippen molar-refractivity contribution in [1.29, 1.82) is 5.26 Å². The van der Waals surface area contributed by atoms with Crippen LogP contribution in [0.1, 0.15) is 34.3 Å². The molecule has 122 valence electrons. The lowest BCUT2D eigenvalue weighted by Crippen LogP contribution is -2.26. The molecule has 0 spiro atoms. The summed E-state index contributed by atoms with van der Waals surface area (Å²) >= 11 is 5.79. The first kappa shape index (κ1) is 17.7. The summed E-state index contributed by atoms with van der Waals surface area (Å²) in [5, 5.41) is 9.35. The number of rotatable bonds is 6. The average Bonchev–Trinajstić information content (AvgIpc) is 2.60. The van der Waals surface area contributed by atoms with E-state index in [-0.39, 0.29) is 24.5 Å². The Kier molecular flexibility index (Phi) is 6.11. The van der Waals surface area contributed by atoms with E-state index in [4.69, 9.17) is 16.9 Å². The van der Waals surface area contributed by atoms with E-state index in [9.17, 15) is 9.59 Å². The third kappa shape index (κ3) is 4.94.